The fraction of sp³-hybridized carbons (Fsp3) is 0.429. The van der Waals surface area contributed by atoms with Crippen molar-refractivity contribution in [2.45, 2.75) is 31.7 Å². The second-order valence-electron chi connectivity index (χ2n) is 5.28. The smallest absolute Gasteiger partial charge is 0.229 e. The van der Waals surface area contributed by atoms with Gasteiger partial charge in [0.15, 0.2) is 5.13 Å². The fourth-order valence-electron chi connectivity index (χ4n) is 2.56. The number of nitrogens with zero attached hydrogens (tertiary/aromatic N) is 1. The summed E-state index contributed by atoms with van der Waals surface area (Å²) in [6.45, 7) is 0. The first-order chi connectivity index (χ1) is 10.1. The van der Waals surface area contributed by atoms with Gasteiger partial charge in [-0.05, 0) is 41.3 Å². The van der Waals surface area contributed by atoms with Gasteiger partial charge in [-0.3, -0.25) is 4.79 Å². The molecule has 0 spiro atoms. The number of thiazole rings is 1. The van der Waals surface area contributed by atoms with Gasteiger partial charge in [0.2, 0.25) is 5.91 Å². The highest BCUT2D eigenvalue weighted by Crippen LogP contribution is 2.32. The zero-order valence-electron chi connectivity index (χ0n) is 11.8. The van der Waals surface area contributed by atoms with Gasteiger partial charge >= 0.3 is 0 Å². The molecule has 4 nitrogen and oxygen atoms in total. The quantitative estimate of drug-likeness (QED) is 0.764. The second-order valence-corrected chi connectivity index (χ2v) is 7.96. The third kappa shape index (κ3) is 4.29. The SMILES string of the molecule is Cl.NC1CCCC(C(=O)Nc2nc(-c3cc(Br)cs3)cs2)C1. The number of anilines is 1. The van der Waals surface area contributed by atoms with Crippen LogP contribution in [0.5, 0.6) is 0 Å². The van der Waals surface area contributed by atoms with Crippen LogP contribution in [-0.2, 0) is 4.79 Å². The van der Waals surface area contributed by atoms with Gasteiger partial charge in [0.25, 0.3) is 0 Å². The average Bonchev–Trinajstić information content (AvgIpc) is 3.07. The van der Waals surface area contributed by atoms with Crippen LogP contribution in [0, 0.1) is 5.92 Å². The van der Waals surface area contributed by atoms with E-state index in [0.29, 0.717) is 5.13 Å². The van der Waals surface area contributed by atoms with E-state index in [-0.39, 0.29) is 30.3 Å². The van der Waals surface area contributed by atoms with E-state index < -0.39 is 0 Å². The number of carbonyl (C=O) groups excluding carboxylic acids is 1. The first-order valence-electron chi connectivity index (χ1n) is 6.88. The van der Waals surface area contributed by atoms with Crippen LogP contribution in [-0.4, -0.2) is 16.9 Å². The molecule has 120 valence electrons. The Hall–Kier alpha value is -0.470. The van der Waals surface area contributed by atoms with Gasteiger partial charge in [-0.2, -0.15) is 0 Å². The molecule has 0 radical (unpaired) electrons. The molecule has 2 heterocycles. The molecular formula is C14H17BrClN3OS2. The Morgan fingerprint density at radius 2 is 2.18 bits per heavy atom. The van der Waals surface area contributed by atoms with E-state index in [1.807, 2.05) is 16.8 Å². The Balaban J connectivity index is 0.00000176. The van der Waals surface area contributed by atoms with Crippen molar-refractivity contribution in [2.24, 2.45) is 11.7 Å². The Morgan fingerprint density at radius 1 is 1.36 bits per heavy atom. The first kappa shape index (κ1) is 17.9. The molecule has 0 saturated heterocycles. The number of hydrogen-bond donors (Lipinski definition) is 2. The maximum atomic E-state index is 12.3. The molecule has 2 aromatic heterocycles. The van der Waals surface area contributed by atoms with E-state index in [2.05, 4.69) is 26.2 Å². The van der Waals surface area contributed by atoms with Crippen molar-refractivity contribution in [3.8, 4) is 10.6 Å². The standard InChI is InChI=1S/C14H16BrN3OS2.ClH/c15-9-5-12(20-6-9)11-7-21-14(17-11)18-13(19)8-2-1-3-10(16)4-8;/h5-8,10H,1-4,16H2,(H,17,18,19);1H. The molecule has 2 atom stereocenters. The molecule has 0 aliphatic heterocycles. The lowest BCUT2D eigenvalue weighted by Crippen LogP contribution is -2.34. The monoisotopic (exact) mass is 421 g/mol. The van der Waals surface area contributed by atoms with E-state index in [0.717, 1.165) is 40.7 Å². The largest absolute Gasteiger partial charge is 0.328 e. The highest BCUT2D eigenvalue weighted by molar-refractivity contribution is 9.10. The highest BCUT2D eigenvalue weighted by Gasteiger charge is 2.25. The van der Waals surface area contributed by atoms with Crippen molar-refractivity contribution >= 4 is 62.0 Å². The van der Waals surface area contributed by atoms with Crippen LogP contribution in [0.4, 0.5) is 5.13 Å². The molecule has 1 saturated carbocycles. The van der Waals surface area contributed by atoms with Crippen LogP contribution < -0.4 is 11.1 Å². The lowest BCUT2D eigenvalue weighted by molar-refractivity contribution is -0.120. The Morgan fingerprint density at radius 3 is 2.86 bits per heavy atom. The molecule has 3 N–H and O–H groups in total. The van der Waals surface area contributed by atoms with Gasteiger partial charge in [0, 0.05) is 27.2 Å². The summed E-state index contributed by atoms with van der Waals surface area (Å²) < 4.78 is 1.05. The number of amides is 1. The molecule has 1 amide bonds. The van der Waals surface area contributed by atoms with Crippen LogP contribution in [0.25, 0.3) is 10.6 Å². The maximum Gasteiger partial charge on any atom is 0.229 e. The fourth-order valence-corrected chi connectivity index (χ4v) is 4.74. The van der Waals surface area contributed by atoms with Crippen molar-refractivity contribution < 1.29 is 4.79 Å². The predicted octanol–water partition coefficient (Wildman–Crippen LogP) is 4.51. The number of carbonyl (C=O) groups is 1. The van der Waals surface area contributed by atoms with Gasteiger partial charge in [0.1, 0.15) is 0 Å². The Kier molecular flexibility index (Phi) is 6.40. The lowest BCUT2D eigenvalue weighted by Gasteiger charge is -2.25. The number of aromatic nitrogens is 1. The molecule has 0 aromatic carbocycles. The van der Waals surface area contributed by atoms with Crippen LogP contribution in [0.1, 0.15) is 25.7 Å². The van der Waals surface area contributed by atoms with Gasteiger partial charge in [-0.25, -0.2) is 4.98 Å². The minimum absolute atomic E-state index is 0. The molecule has 1 aliphatic rings. The van der Waals surface area contributed by atoms with E-state index in [1.54, 1.807) is 11.3 Å². The molecule has 1 aliphatic carbocycles. The summed E-state index contributed by atoms with van der Waals surface area (Å²) >= 11 is 6.53. The van der Waals surface area contributed by atoms with Gasteiger partial charge in [-0.1, -0.05) is 6.42 Å². The molecule has 8 heteroatoms. The third-order valence-corrected chi connectivity index (χ3v) is 6.11. The Labute approximate surface area is 152 Å². The summed E-state index contributed by atoms with van der Waals surface area (Å²) in [6, 6.07) is 2.19. The number of nitrogens with two attached hydrogens (primary N) is 1. The van der Waals surface area contributed by atoms with Crippen molar-refractivity contribution in [1.82, 2.24) is 4.98 Å². The summed E-state index contributed by atoms with van der Waals surface area (Å²) in [4.78, 5) is 17.8. The first-order valence-corrected chi connectivity index (χ1v) is 9.43. The van der Waals surface area contributed by atoms with Crippen LogP contribution in [0.2, 0.25) is 0 Å². The van der Waals surface area contributed by atoms with Crippen molar-refractivity contribution in [1.29, 1.82) is 0 Å². The normalized spacial score (nSPS) is 21.2. The van der Waals surface area contributed by atoms with Crippen molar-refractivity contribution in [2.75, 3.05) is 5.32 Å². The minimum Gasteiger partial charge on any atom is -0.328 e. The highest BCUT2D eigenvalue weighted by atomic mass is 79.9. The van der Waals surface area contributed by atoms with Gasteiger partial charge in [0.05, 0.1) is 10.6 Å². The number of rotatable bonds is 3. The number of nitrogens with one attached hydrogen (secondary N) is 1. The summed E-state index contributed by atoms with van der Waals surface area (Å²) in [5.74, 6) is 0.0791. The second kappa shape index (κ2) is 7.88. The zero-order chi connectivity index (χ0) is 14.8. The summed E-state index contributed by atoms with van der Waals surface area (Å²) in [7, 11) is 0. The molecule has 22 heavy (non-hydrogen) atoms. The maximum absolute atomic E-state index is 12.3. The van der Waals surface area contributed by atoms with Crippen molar-refractivity contribution in [3.63, 3.8) is 0 Å². The summed E-state index contributed by atoms with van der Waals surface area (Å²) in [5, 5.41) is 7.60. The number of hydrogen-bond acceptors (Lipinski definition) is 5. The minimum atomic E-state index is 0. The van der Waals surface area contributed by atoms with Crippen molar-refractivity contribution in [3.05, 3.63) is 21.3 Å². The third-order valence-electron chi connectivity index (χ3n) is 3.64. The topological polar surface area (TPSA) is 68.0 Å². The molecule has 1 fully saturated rings. The van der Waals surface area contributed by atoms with Gasteiger partial charge < -0.3 is 11.1 Å². The Bertz CT molecular complexity index is 646. The van der Waals surface area contributed by atoms with Crippen LogP contribution >= 0.6 is 51.0 Å². The van der Waals surface area contributed by atoms with E-state index >= 15 is 0 Å². The number of halogens is 2. The number of thiophene rings is 1. The average molecular weight is 423 g/mol. The molecule has 3 rings (SSSR count). The zero-order valence-corrected chi connectivity index (χ0v) is 15.8. The summed E-state index contributed by atoms with van der Waals surface area (Å²) in [5.41, 5.74) is 6.85. The molecule has 0 bridgehead atoms. The van der Waals surface area contributed by atoms with E-state index in [4.69, 9.17) is 5.73 Å². The lowest BCUT2D eigenvalue weighted by atomic mass is 9.86. The predicted molar refractivity (Wildman–Crippen MR) is 98.9 cm³/mol. The molecule has 2 aromatic rings. The molecule has 2 unspecified atom stereocenters. The molecular weight excluding hydrogens is 406 g/mol. The van der Waals surface area contributed by atoms with E-state index in [9.17, 15) is 4.79 Å². The summed E-state index contributed by atoms with van der Waals surface area (Å²) in [6.07, 6.45) is 3.77. The van der Waals surface area contributed by atoms with Gasteiger partial charge in [-0.15, -0.1) is 35.1 Å². The van der Waals surface area contributed by atoms with Crippen LogP contribution in [0.3, 0.4) is 0 Å². The van der Waals surface area contributed by atoms with E-state index in [1.165, 1.54) is 11.3 Å². The van der Waals surface area contributed by atoms with Crippen LogP contribution in [0.15, 0.2) is 21.3 Å².